The molecule has 0 aliphatic heterocycles. The summed E-state index contributed by atoms with van der Waals surface area (Å²) in [4.78, 5) is 11.2. The average molecular weight is 309 g/mol. The molecule has 0 saturated heterocycles. The van der Waals surface area contributed by atoms with Crippen molar-refractivity contribution >= 4 is 5.97 Å². The molecule has 128 valence electrons. The summed E-state index contributed by atoms with van der Waals surface area (Å²) in [7, 11) is 0. The van der Waals surface area contributed by atoms with E-state index >= 15 is 0 Å². The molecule has 2 fully saturated rings. The zero-order chi connectivity index (χ0) is 16.3. The standard InChI is InChI=1S/C20H36O2/c1-14(2)7-5-8-15(3)17-10-11-18-16(13-19(21)22)9-6-12-20(17,18)4/h14-18H,5-13H2,1-4H3,(H,21,22)/t15-,16?,17-,18?,20-/m1/s1. The summed E-state index contributed by atoms with van der Waals surface area (Å²) in [5, 5.41) is 9.21. The summed E-state index contributed by atoms with van der Waals surface area (Å²) in [6.45, 7) is 9.58. The van der Waals surface area contributed by atoms with Crippen molar-refractivity contribution in [3.05, 3.63) is 0 Å². The molecular formula is C20H36O2. The van der Waals surface area contributed by atoms with E-state index in [1.807, 2.05) is 0 Å². The molecule has 2 heteroatoms. The summed E-state index contributed by atoms with van der Waals surface area (Å²) in [5.74, 6) is 2.94. The third kappa shape index (κ3) is 3.86. The fourth-order valence-electron chi connectivity index (χ4n) is 5.84. The zero-order valence-corrected chi connectivity index (χ0v) is 15.1. The Kier molecular flexibility index (Phi) is 5.96. The lowest BCUT2D eigenvalue weighted by Crippen LogP contribution is -2.39. The van der Waals surface area contributed by atoms with Gasteiger partial charge in [0.05, 0.1) is 0 Å². The molecule has 2 aliphatic carbocycles. The van der Waals surface area contributed by atoms with Gasteiger partial charge in [-0.05, 0) is 60.7 Å². The molecule has 0 amide bonds. The molecule has 0 aromatic rings. The molecule has 2 saturated carbocycles. The van der Waals surface area contributed by atoms with Crippen LogP contribution >= 0.6 is 0 Å². The van der Waals surface area contributed by atoms with Gasteiger partial charge in [0, 0.05) is 6.42 Å². The smallest absolute Gasteiger partial charge is 0.303 e. The molecule has 2 aliphatic rings. The minimum Gasteiger partial charge on any atom is -0.481 e. The Morgan fingerprint density at radius 2 is 1.91 bits per heavy atom. The van der Waals surface area contributed by atoms with Crippen LogP contribution < -0.4 is 0 Å². The highest BCUT2D eigenvalue weighted by atomic mass is 16.4. The van der Waals surface area contributed by atoms with Crippen LogP contribution in [0.15, 0.2) is 0 Å². The van der Waals surface area contributed by atoms with Crippen molar-refractivity contribution in [2.24, 2.45) is 35.0 Å². The summed E-state index contributed by atoms with van der Waals surface area (Å²) in [5.41, 5.74) is 0.412. The fourth-order valence-corrected chi connectivity index (χ4v) is 5.84. The molecule has 0 bridgehead atoms. The van der Waals surface area contributed by atoms with Crippen molar-refractivity contribution < 1.29 is 9.90 Å². The summed E-state index contributed by atoms with van der Waals surface area (Å²) in [6.07, 6.45) is 10.8. The van der Waals surface area contributed by atoms with Crippen LogP contribution in [0, 0.1) is 35.0 Å². The van der Waals surface area contributed by atoms with Crippen LogP contribution in [-0.2, 0) is 4.79 Å². The SMILES string of the molecule is CC(C)CCC[C@@H](C)[C@H]1CCC2C(CC(=O)O)CCC[C@@]21C. The highest BCUT2D eigenvalue weighted by molar-refractivity contribution is 5.67. The quantitative estimate of drug-likeness (QED) is 0.649. The second-order valence-corrected chi connectivity index (χ2v) is 8.85. The third-order valence-electron chi connectivity index (χ3n) is 6.91. The maximum atomic E-state index is 11.2. The van der Waals surface area contributed by atoms with E-state index in [1.165, 1.54) is 44.9 Å². The maximum absolute atomic E-state index is 11.2. The zero-order valence-electron chi connectivity index (χ0n) is 15.1. The van der Waals surface area contributed by atoms with Crippen molar-refractivity contribution in [3.63, 3.8) is 0 Å². The number of hydrogen-bond donors (Lipinski definition) is 1. The summed E-state index contributed by atoms with van der Waals surface area (Å²) in [6, 6.07) is 0. The largest absolute Gasteiger partial charge is 0.481 e. The van der Waals surface area contributed by atoms with Gasteiger partial charge < -0.3 is 5.11 Å². The Morgan fingerprint density at radius 3 is 2.55 bits per heavy atom. The first-order chi connectivity index (χ1) is 10.3. The Labute approximate surface area is 137 Å². The molecular weight excluding hydrogens is 272 g/mol. The first kappa shape index (κ1) is 17.8. The van der Waals surface area contributed by atoms with Crippen molar-refractivity contribution in [2.45, 2.75) is 85.5 Å². The second kappa shape index (κ2) is 7.36. The van der Waals surface area contributed by atoms with Crippen LogP contribution in [0.5, 0.6) is 0 Å². The molecule has 5 atom stereocenters. The number of carboxylic acid groups (broad SMARTS) is 1. The molecule has 0 heterocycles. The van der Waals surface area contributed by atoms with E-state index in [9.17, 15) is 9.90 Å². The van der Waals surface area contributed by atoms with Gasteiger partial charge in [0.15, 0.2) is 0 Å². The van der Waals surface area contributed by atoms with E-state index in [-0.39, 0.29) is 0 Å². The van der Waals surface area contributed by atoms with E-state index in [1.54, 1.807) is 0 Å². The van der Waals surface area contributed by atoms with Crippen molar-refractivity contribution in [1.82, 2.24) is 0 Å². The number of carboxylic acids is 1. The van der Waals surface area contributed by atoms with Crippen LogP contribution in [0.3, 0.4) is 0 Å². The topological polar surface area (TPSA) is 37.3 Å². The Balaban J connectivity index is 1.98. The monoisotopic (exact) mass is 308 g/mol. The second-order valence-electron chi connectivity index (χ2n) is 8.85. The van der Waals surface area contributed by atoms with Gasteiger partial charge in [0.25, 0.3) is 0 Å². The van der Waals surface area contributed by atoms with Crippen LogP contribution in [-0.4, -0.2) is 11.1 Å². The van der Waals surface area contributed by atoms with E-state index in [2.05, 4.69) is 27.7 Å². The molecule has 0 aromatic heterocycles. The fraction of sp³-hybridized carbons (Fsp3) is 0.950. The van der Waals surface area contributed by atoms with Gasteiger partial charge in [-0.15, -0.1) is 0 Å². The maximum Gasteiger partial charge on any atom is 0.303 e. The van der Waals surface area contributed by atoms with Crippen LogP contribution in [0.4, 0.5) is 0 Å². The average Bonchev–Trinajstić information content (AvgIpc) is 2.75. The Bertz CT molecular complexity index is 376. The van der Waals surface area contributed by atoms with Crippen molar-refractivity contribution in [1.29, 1.82) is 0 Å². The van der Waals surface area contributed by atoms with Crippen LogP contribution in [0.1, 0.15) is 85.5 Å². The number of hydrogen-bond acceptors (Lipinski definition) is 1. The minimum absolute atomic E-state index is 0.398. The van der Waals surface area contributed by atoms with Gasteiger partial charge in [-0.2, -0.15) is 0 Å². The third-order valence-corrected chi connectivity index (χ3v) is 6.91. The van der Waals surface area contributed by atoms with Gasteiger partial charge in [0.1, 0.15) is 0 Å². The first-order valence-electron chi connectivity index (χ1n) is 9.56. The molecule has 2 unspecified atom stereocenters. The van der Waals surface area contributed by atoms with Gasteiger partial charge in [-0.3, -0.25) is 4.79 Å². The number of rotatable bonds is 7. The Morgan fingerprint density at radius 1 is 1.18 bits per heavy atom. The molecule has 0 radical (unpaired) electrons. The highest BCUT2D eigenvalue weighted by Gasteiger charge is 2.52. The molecule has 0 aromatic carbocycles. The predicted molar refractivity (Wildman–Crippen MR) is 91.8 cm³/mol. The van der Waals surface area contributed by atoms with E-state index in [0.717, 1.165) is 24.2 Å². The minimum atomic E-state index is -0.595. The van der Waals surface area contributed by atoms with E-state index < -0.39 is 5.97 Å². The van der Waals surface area contributed by atoms with Gasteiger partial charge in [-0.25, -0.2) is 0 Å². The lowest BCUT2D eigenvalue weighted by atomic mass is 9.58. The van der Waals surface area contributed by atoms with Crippen LogP contribution in [0.2, 0.25) is 0 Å². The predicted octanol–water partition coefficient (Wildman–Crippen LogP) is 5.76. The molecule has 2 nitrogen and oxygen atoms in total. The van der Waals surface area contributed by atoms with Crippen LogP contribution in [0.25, 0.3) is 0 Å². The Hall–Kier alpha value is -0.530. The van der Waals surface area contributed by atoms with Gasteiger partial charge >= 0.3 is 5.97 Å². The van der Waals surface area contributed by atoms with Gasteiger partial charge in [-0.1, -0.05) is 53.4 Å². The van der Waals surface area contributed by atoms with Crippen molar-refractivity contribution in [3.8, 4) is 0 Å². The number of fused-ring (bicyclic) bond motifs is 1. The summed E-state index contributed by atoms with van der Waals surface area (Å²) >= 11 is 0. The van der Waals surface area contributed by atoms with Gasteiger partial charge in [0.2, 0.25) is 0 Å². The van der Waals surface area contributed by atoms with Crippen molar-refractivity contribution in [2.75, 3.05) is 0 Å². The van der Waals surface area contributed by atoms with E-state index in [4.69, 9.17) is 0 Å². The molecule has 0 spiro atoms. The molecule has 22 heavy (non-hydrogen) atoms. The molecule has 1 N–H and O–H groups in total. The molecule has 2 rings (SSSR count). The lowest BCUT2D eigenvalue weighted by Gasteiger charge is -2.46. The normalized spacial score (nSPS) is 36.3. The first-order valence-corrected chi connectivity index (χ1v) is 9.56. The van der Waals surface area contributed by atoms with E-state index in [0.29, 0.717) is 23.7 Å². The lowest BCUT2D eigenvalue weighted by molar-refractivity contribution is -0.139. The summed E-state index contributed by atoms with van der Waals surface area (Å²) < 4.78 is 0. The number of aliphatic carboxylic acids is 1. The number of carbonyl (C=O) groups is 1. The highest BCUT2D eigenvalue weighted by Crippen LogP contribution is 2.60.